The topological polar surface area (TPSA) is 32.3 Å². The van der Waals surface area contributed by atoms with Crippen LogP contribution >= 0.6 is 11.6 Å². The van der Waals surface area contributed by atoms with E-state index in [0.717, 1.165) is 30.2 Å². The Kier molecular flexibility index (Phi) is 5.89. The van der Waals surface area contributed by atoms with Crippen LogP contribution in [0.4, 0.5) is 8.78 Å². The Bertz CT molecular complexity index is 619. The van der Waals surface area contributed by atoms with Gasteiger partial charge >= 0.3 is 0 Å². The predicted octanol–water partition coefficient (Wildman–Crippen LogP) is 4.39. The molecule has 2 atom stereocenters. The number of hydrogen-bond donors (Lipinski definition) is 2. The van der Waals surface area contributed by atoms with E-state index in [-0.39, 0.29) is 18.2 Å². The molecule has 0 bridgehead atoms. The van der Waals surface area contributed by atoms with E-state index in [1.165, 1.54) is 0 Å². The molecule has 22 heavy (non-hydrogen) atoms. The lowest BCUT2D eigenvalue weighted by Gasteiger charge is -2.20. The summed E-state index contributed by atoms with van der Waals surface area (Å²) in [5.41, 5.74) is 0.984. The molecular formula is C17H18ClF2NO. The standard InChI is InChI=1S/C17H18ClF2NO/c1-2-16(11-3-5-12(18)6-4-11)21-10-17(22)14-9-13(19)7-8-15(14)20/h3-9,16-17,21-22H,2,10H2,1H3. The lowest BCUT2D eigenvalue weighted by atomic mass is 10.0. The quantitative estimate of drug-likeness (QED) is 0.825. The molecule has 0 aliphatic carbocycles. The third-order valence-corrected chi connectivity index (χ3v) is 3.81. The van der Waals surface area contributed by atoms with E-state index in [0.29, 0.717) is 5.02 Å². The Morgan fingerprint density at radius 3 is 2.45 bits per heavy atom. The first-order chi connectivity index (χ1) is 10.5. The van der Waals surface area contributed by atoms with E-state index < -0.39 is 17.7 Å². The van der Waals surface area contributed by atoms with Gasteiger partial charge in [0, 0.05) is 23.2 Å². The van der Waals surface area contributed by atoms with Gasteiger partial charge in [-0.15, -0.1) is 0 Å². The molecule has 0 aliphatic rings. The molecule has 0 heterocycles. The number of halogens is 3. The lowest BCUT2D eigenvalue weighted by molar-refractivity contribution is 0.164. The summed E-state index contributed by atoms with van der Waals surface area (Å²) in [4.78, 5) is 0. The fraction of sp³-hybridized carbons (Fsp3) is 0.294. The van der Waals surface area contributed by atoms with Gasteiger partial charge in [-0.2, -0.15) is 0 Å². The summed E-state index contributed by atoms with van der Waals surface area (Å²) in [7, 11) is 0. The van der Waals surface area contributed by atoms with E-state index in [1.54, 1.807) is 12.1 Å². The Balaban J connectivity index is 2.03. The van der Waals surface area contributed by atoms with Gasteiger partial charge in [0.25, 0.3) is 0 Å². The van der Waals surface area contributed by atoms with Crippen molar-refractivity contribution in [2.45, 2.75) is 25.5 Å². The average molecular weight is 326 g/mol. The van der Waals surface area contributed by atoms with Crippen molar-refractivity contribution in [3.05, 3.63) is 70.2 Å². The fourth-order valence-electron chi connectivity index (χ4n) is 2.33. The molecule has 0 aliphatic heterocycles. The van der Waals surface area contributed by atoms with Crippen LogP contribution in [0.1, 0.15) is 36.6 Å². The van der Waals surface area contributed by atoms with Crippen molar-refractivity contribution in [1.29, 1.82) is 0 Å². The van der Waals surface area contributed by atoms with Gasteiger partial charge < -0.3 is 10.4 Å². The summed E-state index contributed by atoms with van der Waals surface area (Å²) in [6, 6.07) is 10.5. The molecule has 2 rings (SSSR count). The molecule has 0 aromatic heterocycles. The first-order valence-corrected chi connectivity index (χ1v) is 7.51. The minimum absolute atomic E-state index is 0.00328. The Morgan fingerprint density at radius 1 is 1.14 bits per heavy atom. The second-order valence-corrected chi connectivity index (χ2v) is 5.54. The van der Waals surface area contributed by atoms with E-state index in [9.17, 15) is 13.9 Å². The zero-order valence-corrected chi connectivity index (χ0v) is 12.9. The highest BCUT2D eigenvalue weighted by Gasteiger charge is 2.16. The van der Waals surface area contributed by atoms with Gasteiger partial charge in [-0.3, -0.25) is 0 Å². The zero-order valence-electron chi connectivity index (χ0n) is 12.2. The molecular weight excluding hydrogens is 308 g/mol. The number of hydrogen-bond acceptors (Lipinski definition) is 2. The van der Waals surface area contributed by atoms with Crippen LogP contribution in [0.5, 0.6) is 0 Å². The van der Waals surface area contributed by atoms with Crippen LogP contribution in [0.2, 0.25) is 5.02 Å². The SMILES string of the molecule is CCC(NCC(O)c1cc(F)ccc1F)c1ccc(Cl)cc1. The Hall–Kier alpha value is -1.49. The molecule has 118 valence electrons. The fourth-order valence-corrected chi connectivity index (χ4v) is 2.45. The maximum atomic E-state index is 13.6. The van der Waals surface area contributed by atoms with Crippen molar-refractivity contribution in [1.82, 2.24) is 5.32 Å². The smallest absolute Gasteiger partial charge is 0.129 e. The van der Waals surface area contributed by atoms with Gasteiger partial charge in [0.2, 0.25) is 0 Å². The molecule has 5 heteroatoms. The average Bonchev–Trinajstić information content (AvgIpc) is 2.51. The molecule has 2 N–H and O–H groups in total. The summed E-state index contributed by atoms with van der Waals surface area (Å²) in [5, 5.41) is 13.9. The molecule has 0 fully saturated rings. The van der Waals surface area contributed by atoms with Crippen LogP contribution in [-0.4, -0.2) is 11.7 Å². The van der Waals surface area contributed by atoms with Crippen molar-refractivity contribution >= 4 is 11.6 Å². The highest BCUT2D eigenvalue weighted by Crippen LogP contribution is 2.22. The Morgan fingerprint density at radius 2 is 1.82 bits per heavy atom. The molecule has 2 aromatic rings. The van der Waals surface area contributed by atoms with Gasteiger partial charge in [-0.25, -0.2) is 8.78 Å². The molecule has 2 unspecified atom stereocenters. The first kappa shape index (κ1) is 16.9. The number of rotatable bonds is 6. The molecule has 0 saturated heterocycles. The first-order valence-electron chi connectivity index (χ1n) is 7.13. The maximum absolute atomic E-state index is 13.6. The van der Waals surface area contributed by atoms with E-state index in [1.807, 2.05) is 19.1 Å². The van der Waals surface area contributed by atoms with Gasteiger partial charge in [-0.1, -0.05) is 30.7 Å². The highest BCUT2D eigenvalue weighted by atomic mass is 35.5. The van der Waals surface area contributed by atoms with Crippen molar-refractivity contribution in [3.8, 4) is 0 Å². The third kappa shape index (κ3) is 4.26. The number of aliphatic hydroxyl groups excluding tert-OH is 1. The predicted molar refractivity (Wildman–Crippen MR) is 83.8 cm³/mol. The molecule has 0 amide bonds. The van der Waals surface area contributed by atoms with Gasteiger partial charge in [-0.05, 0) is 42.3 Å². The summed E-state index contributed by atoms with van der Waals surface area (Å²) < 4.78 is 26.8. The van der Waals surface area contributed by atoms with Crippen molar-refractivity contribution in [2.75, 3.05) is 6.54 Å². The second kappa shape index (κ2) is 7.68. The lowest BCUT2D eigenvalue weighted by Crippen LogP contribution is -2.26. The monoisotopic (exact) mass is 325 g/mol. The number of benzene rings is 2. The van der Waals surface area contributed by atoms with Crippen molar-refractivity contribution in [2.24, 2.45) is 0 Å². The summed E-state index contributed by atoms with van der Waals surface area (Å²) in [6.45, 7) is 2.13. The normalized spacial score (nSPS) is 13.9. The molecule has 2 aromatic carbocycles. The van der Waals surface area contributed by atoms with Crippen LogP contribution in [0.3, 0.4) is 0 Å². The summed E-state index contributed by atoms with van der Waals surface area (Å²) in [5.74, 6) is -1.18. The molecule has 0 saturated carbocycles. The highest BCUT2D eigenvalue weighted by molar-refractivity contribution is 6.30. The third-order valence-electron chi connectivity index (χ3n) is 3.56. The van der Waals surface area contributed by atoms with Crippen LogP contribution in [0.15, 0.2) is 42.5 Å². The van der Waals surface area contributed by atoms with Gasteiger partial charge in [0.1, 0.15) is 11.6 Å². The van der Waals surface area contributed by atoms with Crippen molar-refractivity contribution in [3.63, 3.8) is 0 Å². The zero-order chi connectivity index (χ0) is 16.1. The van der Waals surface area contributed by atoms with Crippen LogP contribution in [0, 0.1) is 11.6 Å². The Labute approximate surface area is 133 Å². The van der Waals surface area contributed by atoms with E-state index in [2.05, 4.69) is 5.32 Å². The summed E-state index contributed by atoms with van der Waals surface area (Å²) in [6.07, 6.45) is -0.322. The minimum atomic E-state index is -1.11. The minimum Gasteiger partial charge on any atom is -0.387 e. The molecule has 0 radical (unpaired) electrons. The van der Waals surface area contributed by atoms with E-state index >= 15 is 0 Å². The largest absolute Gasteiger partial charge is 0.387 e. The van der Waals surface area contributed by atoms with Crippen molar-refractivity contribution < 1.29 is 13.9 Å². The van der Waals surface area contributed by atoms with Gasteiger partial charge in [0.05, 0.1) is 6.10 Å². The van der Waals surface area contributed by atoms with Gasteiger partial charge in [0.15, 0.2) is 0 Å². The molecule has 0 spiro atoms. The second-order valence-electron chi connectivity index (χ2n) is 5.10. The van der Waals surface area contributed by atoms with Crippen LogP contribution < -0.4 is 5.32 Å². The number of aliphatic hydroxyl groups is 1. The molecule has 2 nitrogen and oxygen atoms in total. The summed E-state index contributed by atoms with van der Waals surface area (Å²) >= 11 is 5.86. The van der Waals surface area contributed by atoms with Crippen LogP contribution in [0.25, 0.3) is 0 Å². The van der Waals surface area contributed by atoms with Crippen LogP contribution in [-0.2, 0) is 0 Å². The maximum Gasteiger partial charge on any atom is 0.129 e. The number of nitrogens with one attached hydrogen (secondary N) is 1. The van der Waals surface area contributed by atoms with E-state index in [4.69, 9.17) is 11.6 Å².